The second-order valence-electron chi connectivity index (χ2n) is 20.5. The summed E-state index contributed by atoms with van der Waals surface area (Å²) in [6.07, 6.45) is -3.74. The van der Waals surface area contributed by atoms with Crippen LogP contribution in [0.25, 0.3) is 21.6 Å². The maximum Gasteiger partial charge on any atom is 0.317 e. The van der Waals surface area contributed by atoms with Gasteiger partial charge in [0.2, 0.25) is 0 Å². The Hall–Kier alpha value is -2.45. The second-order valence-corrected chi connectivity index (χ2v) is 23.3. The van der Waals surface area contributed by atoms with Crippen molar-refractivity contribution in [1.29, 1.82) is 0 Å². The number of nitrogens with zero attached hydrogens (tertiary/aromatic N) is 3. The van der Waals surface area contributed by atoms with Crippen molar-refractivity contribution in [2.45, 2.75) is 153 Å². The van der Waals surface area contributed by atoms with Gasteiger partial charge >= 0.3 is 11.9 Å². The molecule has 3 aliphatic heterocycles. The predicted octanol–water partition coefficient (Wildman–Crippen LogP) is 7.39. The van der Waals surface area contributed by atoms with Crippen molar-refractivity contribution < 1.29 is 48.7 Å². The van der Waals surface area contributed by atoms with E-state index in [0.717, 1.165) is 39.4 Å². The highest BCUT2D eigenvalue weighted by Gasteiger charge is 2.51. The van der Waals surface area contributed by atoms with E-state index in [9.17, 15) is 29.7 Å². The van der Waals surface area contributed by atoms with Crippen molar-refractivity contribution in [2.24, 2.45) is 23.2 Å². The molecule has 13 atom stereocenters. The largest absolute Gasteiger partial charge is 0.455 e. The number of cyclic esters (lactones) is 1. The summed E-state index contributed by atoms with van der Waals surface area (Å²) < 4.78 is 27.3. The number of alkyl halides is 1. The quantitative estimate of drug-likeness (QED) is 0.0891. The first-order valence-electron chi connectivity index (χ1n) is 22.7. The highest BCUT2D eigenvalue weighted by atomic mass is 127. The lowest BCUT2D eigenvalue weighted by atomic mass is 9.78. The number of esters is 2. The highest BCUT2D eigenvalue weighted by molar-refractivity contribution is 14.1. The summed E-state index contributed by atoms with van der Waals surface area (Å²) in [6.45, 7) is 17.2. The number of hydrogen-bond acceptors (Lipinski definition) is 13. The number of aromatic nitrogens is 1. The summed E-state index contributed by atoms with van der Waals surface area (Å²) in [5, 5.41) is 35.3. The van der Waals surface area contributed by atoms with E-state index in [1.807, 2.05) is 75.1 Å². The number of aliphatic hydroxyl groups is 3. The summed E-state index contributed by atoms with van der Waals surface area (Å²) in [4.78, 5) is 47.5. The van der Waals surface area contributed by atoms with Crippen LogP contribution in [0.15, 0.2) is 42.5 Å². The van der Waals surface area contributed by atoms with E-state index < -0.39 is 75.5 Å². The molecular weight excluding hydrogens is 985 g/mol. The third-order valence-electron chi connectivity index (χ3n) is 13.8. The molecule has 2 fully saturated rings. The average molecular weight is 1050 g/mol. The first-order valence-corrected chi connectivity index (χ1v) is 25.1. The van der Waals surface area contributed by atoms with Gasteiger partial charge in [0.05, 0.1) is 34.6 Å². The van der Waals surface area contributed by atoms with Crippen LogP contribution < -0.4 is 0 Å². The SMILES string of the molecule is CC1C(=O)[C@@H](C)C(=O)O[C@H](I)[C@@](C)(O)[C@H](O)[C@@H](C)N(C)C[C@H](C)C[C@@](C)(O)[C@@H]1O[C@@H]1O[C@H](C)C[C@H](N(C)C)[C@H]1OC(=O)Cc1c(-c2ccc(Cl)s2)c(-c2ccccc2)c2n1CC(C)(C)C2. The van der Waals surface area contributed by atoms with Gasteiger partial charge in [-0.05, 0) is 127 Å². The number of ether oxygens (including phenoxy) is 4. The van der Waals surface area contributed by atoms with Crippen LogP contribution in [-0.2, 0) is 52.7 Å². The molecule has 360 valence electrons. The summed E-state index contributed by atoms with van der Waals surface area (Å²) in [5.41, 5.74) is 1.47. The molecule has 65 heavy (non-hydrogen) atoms. The molecule has 2 aromatic heterocycles. The number of hydrogen-bond donors (Lipinski definition) is 3. The number of aliphatic hydroxyl groups excluding tert-OH is 1. The van der Waals surface area contributed by atoms with Gasteiger partial charge in [-0.3, -0.25) is 14.4 Å². The van der Waals surface area contributed by atoms with E-state index in [4.69, 9.17) is 30.5 Å². The molecule has 2 saturated heterocycles. The first-order chi connectivity index (χ1) is 30.2. The van der Waals surface area contributed by atoms with Gasteiger partial charge in [0.15, 0.2) is 22.3 Å². The van der Waals surface area contributed by atoms with Crippen LogP contribution in [0.5, 0.6) is 0 Å². The Bertz CT molecular complexity index is 2180. The number of carbonyl (C=O) groups is 3. The number of carbonyl (C=O) groups excluding carboxylic acids is 3. The standard InChI is InChI=1S/C49H69ClIN3O10S/c1-26-22-48(8,59)43(28(3)40(56)29(4)44(58)64-46(51)49(9,60)42(57)30(5)53(12)24-26)63-45-41(33(52(10)11)20-27(2)61-45)62-37(55)21-32-39(35-18-19-36(50)65-35)38(31-16-14-13-15-17-31)34-23-47(6,7)25-54(32)34/h13-19,26-30,33,41-43,45-46,57,59-60H,20-25H2,1-12H3/t26-,27-,28?,29-,30-,33+,41-,42-,43-,45+,46+,48-,49+/m1/s1. The van der Waals surface area contributed by atoms with Crippen LogP contribution in [0.3, 0.4) is 0 Å². The van der Waals surface area contributed by atoms with Gasteiger partial charge in [0, 0.05) is 52.4 Å². The fraction of sp³-hybridized carbons (Fsp3) is 0.653. The average Bonchev–Trinajstić information content (AvgIpc) is 3.88. The lowest BCUT2D eigenvalue weighted by Gasteiger charge is -2.46. The molecule has 0 bridgehead atoms. The normalized spacial score (nSPS) is 35.3. The molecule has 5 heterocycles. The Morgan fingerprint density at radius 3 is 2.29 bits per heavy atom. The van der Waals surface area contributed by atoms with E-state index >= 15 is 0 Å². The molecular formula is C49H69ClIN3O10S. The van der Waals surface area contributed by atoms with Gasteiger partial charge in [-0.25, -0.2) is 0 Å². The fourth-order valence-electron chi connectivity index (χ4n) is 10.3. The zero-order valence-corrected chi connectivity index (χ0v) is 43.6. The molecule has 0 radical (unpaired) electrons. The van der Waals surface area contributed by atoms with Gasteiger partial charge in [0.1, 0.15) is 17.6 Å². The number of thiophene rings is 1. The molecule has 6 rings (SSSR count). The smallest absolute Gasteiger partial charge is 0.317 e. The van der Waals surface area contributed by atoms with E-state index in [2.05, 4.69) is 30.5 Å². The van der Waals surface area contributed by atoms with Crippen molar-refractivity contribution in [1.82, 2.24) is 14.4 Å². The van der Waals surface area contributed by atoms with Crippen LogP contribution in [0, 0.1) is 23.2 Å². The zero-order valence-electron chi connectivity index (χ0n) is 39.8. The second kappa shape index (κ2) is 20.3. The molecule has 0 amide bonds. The lowest BCUT2D eigenvalue weighted by Crippen LogP contribution is -2.60. The highest BCUT2D eigenvalue weighted by Crippen LogP contribution is 2.49. The molecule has 3 aromatic rings. The molecule has 1 aromatic carbocycles. The number of rotatable bonds is 8. The molecule has 0 saturated carbocycles. The van der Waals surface area contributed by atoms with Gasteiger partial charge in [-0.15, -0.1) is 11.3 Å². The first kappa shape index (κ1) is 51.9. The minimum absolute atomic E-state index is 0.0559. The van der Waals surface area contributed by atoms with Crippen molar-refractivity contribution in [3.8, 4) is 21.6 Å². The summed E-state index contributed by atoms with van der Waals surface area (Å²) in [6, 6.07) is 13.1. The Balaban J connectivity index is 1.37. The summed E-state index contributed by atoms with van der Waals surface area (Å²) >= 11 is 9.80. The monoisotopic (exact) mass is 1050 g/mol. The number of halogens is 2. The minimum Gasteiger partial charge on any atom is -0.455 e. The van der Waals surface area contributed by atoms with Crippen molar-refractivity contribution >= 4 is 63.3 Å². The van der Waals surface area contributed by atoms with E-state index in [-0.39, 0.29) is 36.3 Å². The lowest BCUT2D eigenvalue weighted by molar-refractivity contribution is -0.296. The Kier molecular flexibility index (Phi) is 16.2. The van der Waals surface area contributed by atoms with Crippen molar-refractivity contribution in [3.05, 3.63) is 58.2 Å². The number of benzene rings is 1. The summed E-state index contributed by atoms with van der Waals surface area (Å²) in [7, 11) is 5.62. The van der Waals surface area contributed by atoms with Crippen LogP contribution in [0.2, 0.25) is 4.34 Å². The maximum atomic E-state index is 14.7. The molecule has 3 aliphatic rings. The van der Waals surface area contributed by atoms with Gasteiger partial charge in [-0.1, -0.05) is 69.6 Å². The molecule has 0 spiro atoms. The molecule has 13 nitrogen and oxygen atoms in total. The number of likely N-dealkylation sites (N-methyl/N-ethyl adjacent to an activating group) is 2. The van der Waals surface area contributed by atoms with Gasteiger partial charge < -0.3 is 48.6 Å². The topological polar surface area (TPSA) is 160 Å². The number of Topliss-reactive ketones (excluding diaryl/α,β-unsaturated/α-hetero) is 1. The predicted molar refractivity (Wildman–Crippen MR) is 261 cm³/mol. The van der Waals surface area contributed by atoms with Crippen molar-refractivity contribution in [2.75, 3.05) is 27.7 Å². The van der Waals surface area contributed by atoms with E-state index in [1.165, 1.54) is 25.2 Å². The molecule has 3 N–H and O–H groups in total. The third-order valence-corrected chi connectivity index (χ3v) is 16.6. The van der Waals surface area contributed by atoms with E-state index in [1.54, 1.807) is 43.4 Å². The van der Waals surface area contributed by atoms with E-state index in [0.29, 0.717) is 23.8 Å². The maximum absolute atomic E-state index is 14.7. The van der Waals surface area contributed by atoms with Gasteiger partial charge in [0.25, 0.3) is 0 Å². The van der Waals surface area contributed by atoms with Gasteiger partial charge in [-0.2, -0.15) is 0 Å². The van der Waals surface area contributed by atoms with Crippen LogP contribution in [0.1, 0.15) is 86.5 Å². The Morgan fingerprint density at radius 1 is 1.02 bits per heavy atom. The minimum atomic E-state index is -1.86. The Labute approximate surface area is 407 Å². The molecule has 16 heteroatoms. The number of fused-ring (bicyclic) bond motifs is 1. The van der Waals surface area contributed by atoms with Crippen molar-refractivity contribution in [3.63, 3.8) is 0 Å². The summed E-state index contributed by atoms with van der Waals surface area (Å²) in [5.74, 6) is -4.56. The van der Waals surface area contributed by atoms with Crippen LogP contribution >= 0.6 is 45.5 Å². The third kappa shape index (κ3) is 11.2. The van der Waals surface area contributed by atoms with Crippen LogP contribution in [0.4, 0.5) is 0 Å². The fourth-order valence-corrected chi connectivity index (χ4v) is 12.0. The Morgan fingerprint density at radius 2 is 1.68 bits per heavy atom. The zero-order chi connectivity index (χ0) is 48.1. The molecule has 0 aliphatic carbocycles. The van der Waals surface area contributed by atoms with Crippen LogP contribution in [-0.4, -0.2) is 133 Å². The number of ketones is 1. The molecule has 1 unspecified atom stereocenters.